The number of benzene rings is 2. The molecule has 28 heavy (non-hydrogen) atoms. The van der Waals surface area contributed by atoms with Gasteiger partial charge in [-0.05, 0) is 12.5 Å². The first-order chi connectivity index (χ1) is 13.6. The van der Waals surface area contributed by atoms with Crippen LogP contribution in [0.4, 0.5) is 5.69 Å². The highest BCUT2D eigenvalue weighted by Crippen LogP contribution is 2.28. The number of aliphatic imine (C=N–C) groups is 1. The van der Waals surface area contributed by atoms with Gasteiger partial charge in [-0.3, -0.25) is 14.5 Å². The number of hydrogen-bond acceptors (Lipinski definition) is 4. The number of para-hydroxylation sites is 1. The Balaban J connectivity index is 2.13. The van der Waals surface area contributed by atoms with E-state index in [9.17, 15) is 14.7 Å². The second-order valence-corrected chi connectivity index (χ2v) is 6.74. The topological polar surface area (TPSA) is 73.2 Å². The lowest BCUT2D eigenvalue weighted by Crippen LogP contribution is -2.49. The normalized spacial score (nSPS) is 16.2. The molecule has 2 aromatic carbocycles. The van der Waals surface area contributed by atoms with Gasteiger partial charge in [-0.25, -0.2) is 4.99 Å². The van der Waals surface area contributed by atoms with Crippen LogP contribution in [-0.4, -0.2) is 47.5 Å². The minimum atomic E-state index is -1.11. The van der Waals surface area contributed by atoms with E-state index in [4.69, 9.17) is 0 Å². The zero-order valence-electron chi connectivity index (χ0n) is 16.2. The van der Waals surface area contributed by atoms with E-state index in [0.717, 1.165) is 28.1 Å². The van der Waals surface area contributed by atoms with Crippen LogP contribution < -0.4 is 4.90 Å². The summed E-state index contributed by atoms with van der Waals surface area (Å²) in [6.07, 6.45) is 0.713. The van der Waals surface area contributed by atoms with Crippen molar-refractivity contribution in [1.29, 1.82) is 0 Å². The van der Waals surface area contributed by atoms with Crippen LogP contribution in [0.1, 0.15) is 37.3 Å². The van der Waals surface area contributed by atoms with Crippen LogP contribution in [-0.2, 0) is 9.59 Å². The summed E-state index contributed by atoms with van der Waals surface area (Å²) in [5.74, 6) is -0.629. The van der Waals surface area contributed by atoms with Gasteiger partial charge in [-0.2, -0.15) is 0 Å². The van der Waals surface area contributed by atoms with Crippen molar-refractivity contribution < 1.29 is 14.7 Å². The number of anilines is 1. The van der Waals surface area contributed by atoms with E-state index >= 15 is 0 Å². The van der Waals surface area contributed by atoms with Crippen LogP contribution >= 0.6 is 0 Å². The summed E-state index contributed by atoms with van der Waals surface area (Å²) >= 11 is 0. The van der Waals surface area contributed by atoms with Gasteiger partial charge in [0.15, 0.2) is 0 Å². The van der Waals surface area contributed by atoms with Gasteiger partial charge >= 0.3 is 0 Å². The lowest BCUT2D eigenvalue weighted by atomic mass is 10.0. The van der Waals surface area contributed by atoms with Crippen LogP contribution in [0, 0.1) is 0 Å². The first-order valence-electron chi connectivity index (χ1n) is 9.49. The van der Waals surface area contributed by atoms with Crippen molar-refractivity contribution in [3.63, 3.8) is 0 Å². The fourth-order valence-corrected chi connectivity index (χ4v) is 3.30. The minimum absolute atomic E-state index is 0.272. The van der Waals surface area contributed by atoms with E-state index in [-0.39, 0.29) is 18.2 Å². The van der Waals surface area contributed by atoms with Crippen molar-refractivity contribution in [2.45, 2.75) is 32.4 Å². The van der Waals surface area contributed by atoms with E-state index in [1.54, 1.807) is 7.05 Å². The molecule has 0 saturated carbocycles. The zero-order chi connectivity index (χ0) is 20.1. The first kappa shape index (κ1) is 19.8. The smallest absolute Gasteiger partial charge is 0.272 e. The fraction of sp³-hybridized carbons (Fsp3) is 0.318. The van der Waals surface area contributed by atoms with Crippen LogP contribution in [0.5, 0.6) is 0 Å². The third kappa shape index (κ3) is 3.82. The molecule has 1 unspecified atom stereocenters. The molecule has 0 saturated heterocycles. The van der Waals surface area contributed by atoms with Crippen molar-refractivity contribution in [2.75, 3.05) is 18.7 Å². The Morgan fingerprint density at radius 2 is 1.82 bits per heavy atom. The standard InChI is InChI=1S/C22H25N3O3/c1-3-4-14-19(27)25(15-26)21-22(28)24(2)18-13-9-8-12-17(18)20(23-21)16-10-6-5-7-11-16/h5-13,21,26H,3-4,14-15H2,1-2H3. The molecule has 0 radical (unpaired) electrons. The Labute approximate surface area is 165 Å². The van der Waals surface area contributed by atoms with Crippen molar-refractivity contribution in [3.8, 4) is 0 Å². The van der Waals surface area contributed by atoms with Gasteiger partial charge in [-0.15, -0.1) is 0 Å². The molecule has 2 aromatic rings. The quantitative estimate of drug-likeness (QED) is 0.785. The van der Waals surface area contributed by atoms with E-state index < -0.39 is 12.9 Å². The summed E-state index contributed by atoms with van der Waals surface area (Å²) < 4.78 is 0. The molecule has 0 spiro atoms. The Kier molecular flexibility index (Phi) is 6.21. The molecule has 1 atom stereocenters. The van der Waals surface area contributed by atoms with Gasteiger partial charge in [0, 0.05) is 24.6 Å². The summed E-state index contributed by atoms with van der Waals surface area (Å²) in [7, 11) is 1.67. The number of benzodiazepines with no additional fused rings is 1. The van der Waals surface area contributed by atoms with E-state index in [2.05, 4.69) is 4.99 Å². The van der Waals surface area contributed by atoms with Gasteiger partial charge in [0.25, 0.3) is 5.91 Å². The molecule has 146 valence electrons. The monoisotopic (exact) mass is 379 g/mol. The Hall–Kier alpha value is -2.99. The molecule has 3 rings (SSSR count). The largest absolute Gasteiger partial charge is 0.376 e. The average molecular weight is 379 g/mol. The molecule has 0 bridgehead atoms. The van der Waals surface area contributed by atoms with Crippen molar-refractivity contribution >= 4 is 23.2 Å². The maximum absolute atomic E-state index is 13.2. The summed E-state index contributed by atoms with van der Waals surface area (Å²) in [5.41, 5.74) is 3.00. The highest BCUT2D eigenvalue weighted by molar-refractivity contribution is 6.20. The average Bonchev–Trinajstić information content (AvgIpc) is 2.84. The maximum atomic E-state index is 13.2. The lowest BCUT2D eigenvalue weighted by molar-refractivity contribution is -0.143. The molecular weight excluding hydrogens is 354 g/mol. The van der Waals surface area contributed by atoms with Gasteiger partial charge in [0.1, 0.15) is 6.73 Å². The number of fused-ring (bicyclic) bond motifs is 1. The third-order valence-electron chi connectivity index (χ3n) is 4.88. The third-order valence-corrected chi connectivity index (χ3v) is 4.88. The molecule has 0 fully saturated rings. The minimum Gasteiger partial charge on any atom is -0.376 e. The molecule has 1 aliphatic heterocycles. The molecular formula is C22H25N3O3. The number of aliphatic hydroxyl groups excluding tert-OH is 1. The number of aliphatic hydroxyl groups is 1. The summed E-state index contributed by atoms with van der Waals surface area (Å²) in [6, 6.07) is 17.1. The Morgan fingerprint density at radius 1 is 1.14 bits per heavy atom. The first-order valence-corrected chi connectivity index (χ1v) is 9.49. The molecule has 1 aliphatic rings. The van der Waals surface area contributed by atoms with Crippen LogP contribution in [0.25, 0.3) is 0 Å². The van der Waals surface area contributed by atoms with E-state index in [1.165, 1.54) is 4.90 Å². The Bertz CT molecular complexity index is 880. The zero-order valence-corrected chi connectivity index (χ0v) is 16.2. The molecule has 2 amide bonds. The molecule has 1 heterocycles. The molecule has 0 aliphatic carbocycles. The van der Waals surface area contributed by atoms with Crippen LogP contribution in [0.2, 0.25) is 0 Å². The molecule has 0 aromatic heterocycles. The molecule has 1 N–H and O–H groups in total. The van der Waals surface area contributed by atoms with Gasteiger partial charge in [-0.1, -0.05) is 61.9 Å². The summed E-state index contributed by atoms with van der Waals surface area (Å²) in [6.45, 7) is 1.43. The van der Waals surface area contributed by atoms with Crippen molar-refractivity contribution in [3.05, 3.63) is 65.7 Å². The highest BCUT2D eigenvalue weighted by Gasteiger charge is 2.35. The fourth-order valence-electron chi connectivity index (χ4n) is 3.30. The SMILES string of the molecule is CCCCC(=O)N(CO)C1N=C(c2ccccc2)c2ccccc2N(C)C1=O. The summed E-state index contributed by atoms with van der Waals surface area (Å²) in [5, 5.41) is 9.88. The van der Waals surface area contributed by atoms with Gasteiger partial charge < -0.3 is 10.0 Å². The highest BCUT2D eigenvalue weighted by atomic mass is 16.3. The van der Waals surface area contributed by atoms with Crippen molar-refractivity contribution in [1.82, 2.24) is 4.90 Å². The number of nitrogens with zero attached hydrogens (tertiary/aromatic N) is 3. The number of likely N-dealkylation sites (N-methyl/N-ethyl adjacent to an activating group) is 1. The van der Waals surface area contributed by atoms with Gasteiger partial charge in [0.05, 0.1) is 11.4 Å². The van der Waals surface area contributed by atoms with E-state index in [1.807, 2.05) is 61.5 Å². The number of unbranched alkanes of at least 4 members (excludes halogenated alkanes) is 1. The number of amides is 2. The van der Waals surface area contributed by atoms with Gasteiger partial charge in [0.2, 0.25) is 12.1 Å². The molecule has 6 heteroatoms. The predicted octanol–water partition coefficient (Wildman–Crippen LogP) is 2.80. The second-order valence-electron chi connectivity index (χ2n) is 6.74. The Morgan fingerprint density at radius 3 is 2.50 bits per heavy atom. The lowest BCUT2D eigenvalue weighted by Gasteiger charge is -2.28. The predicted molar refractivity (Wildman–Crippen MR) is 109 cm³/mol. The second kappa shape index (κ2) is 8.80. The van der Waals surface area contributed by atoms with Crippen LogP contribution in [0.3, 0.4) is 0 Å². The van der Waals surface area contributed by atoms with Crippen LogP contribution in [0.15, 0.2) is 59.6 Å². The number of rotatable bonds is 6. The molecule has 6 nitrogen and oxygen atoms in total. The number of hydrogen-bond donors (Lipinski definition) is 1. The number of carbonyl (C=O) groups excluding carboxylic acids is 2. The maximum Gasteiger partial charge on any atom is 0.272 e. The summed E-state index contributed by atoms with van der Waals surface area (Å²) in [4.78, 5) is 33.2. The number of carbonyl (C=O) groups is 2. The van der Waals surface area contributed by atoms with E-state index in [0.29, 0.717) is 12.1 Å². The van der Waals surface area contributed by atoms with Crippen molar-refractivity contribution in [2.24, 2.45) is 4.99 Å².